The highest BCUT2D eigenvalue weighted by atomic mass is 19.1. The normalized spacial score (nSPS) is 12.9. The molecule has 146 valence electrons. The predicted octanol–water partition coefficient (Wildman–Crippen LogP) is 2.28. The van der Waals surface area contributed by atoms with Crippen molar-refractivity contribution in [1.82, 2.24) is 16.0 Å². The summed E-state index contributed by atoms with van der Waals surface area (Å²) in [5.41, 5.74) is -0.524. The Morgan fingerprint density at radius 1 is 1.19 bits per heavy atom. The minimum atomic E-state index is -0.524. The topological polar surface area (TPSA) is 84.0 Å². The average Bonchev–Trinajstić information content (AvgIpc) is 2.54. The van der Waals surface area contributed by atoms with Crippen LogP contribution in [0.5, 0.6) is 5.75 Å². The Kier molecular flexibility index (Phi) is 8.67. The standard InChI is InChI=1S/C18H29FN4O3/c1-13(25-15-9-7-6-8-14(15)19)12-23-16(20-5)21-10-11-22-17(24)26-18(2,3)4/h6-9,13H,10-12H2,1-5H3,(H,22,24)(H2,20,21,23). The van der Waals surface area contributed by atoms with Crippen molar-refractivity contribution in [2.24, 2.45) is 4.99 Å². The van der Waals surface area contributed by atoms with Crippen molar-refractivity contribution < 1.29 is 18.7 Å². The quantitative estimate of drug-likeness (QED) is 0.391. The van der Waals surface area contributed by atoms with Gasteiger partial charge in [-0.15, -0.1) is 0 Å². The molecule has 26 heavy (non-hydrogen) atoms. The fourth-order valence-electron chi connectivity index (χ4n) is 1.92. The zero-order valence-electron chi connectivity index (χ0n) is 16.1. The van der Waals surface area contributed by atoms with Crippen molar-refractivity contribution in [3.8, 4) is 5.75 Å². The molecule has 1 rings (SSSR count). The van der Waals surface area contributed by atoms with Gasteiger partial charge in [-0.05, 0) is 39.8 Å². The van der Waals surface area contributed by atoms with E-state index in [-0.39, 0.29) is 11.9 Å². The highest BCUT2D eigenvalue weighted by molar-refractivity contribution is 5.79. The molecule has 1 aromatic rings. The number of guanidine groups is 1. The van der Waals surface area contributed by atoms with Crippen LogP contribution in [0.1, 0.15) is 27.7 Å². The van der Waals surface area contributed by atoms with Crippen LogP contribution < -0.4 is 20.7 Å². The van der Waals surface area contributed by atoms with Crippen LogP contribution in [-0.2, 0) is 4.74 Å². The Hall–Kier alpha value is -2.51. The molecule has 0 aliphatic heterocycles. The van der Waals surface area contributed by atoms with E-state index in [0.717, 1.165) is 0 Å². The average molecular weight is 368 g/mol. The summed E-state index contributed by atoms with van der Waals surface area (Å²) in [5, 5.41) is 8.79. The Labute approximate surface area is 154 Å². The third-order valence-corrected chi connectivity index (χ3v) is 3.03. The zero-order chi connectivity index (χ0) is 19.6. The molecule has 0 saturated heterocycles. The number of rotatable bonds is 7. The Balaban J connectivity index is 2.26. The molecule has 0 heterocycles. The van der Waals surface area contributed by atoms with Gasteiger partial charge in [0.2, 0.25) is 0 Å². The fraction of sp³-hybridized carbons (Fsp3) is 0.556. The smallest absolute Gasteiger partial charge is 0.407 e. The highest BCUT2D eigenvalue weighted by Gasteiger charge is 2.15. The lowest BCUT2D eigenvalue weighted by Gasteiger charge is -2.20. The van der Waals surface area contributed by atoms with Crippen molar-refractivity contribution in [3.05, 3.63) is 30.1 Å². The number of ether oxygens (including phenoxy) is 2. The van der Waals surface area contributed by atoms with Gasteiger partial charge in [0.05, 0.1) is 6.54 Å². The zero-order valence-corrected chi connectivity index (χ0v) is 16.1. The van der Waals surface area contributed by atoms with E-state index in [9.17, 15) is 9.18 Å². The molecule has 1 atom stereocenters. The van der Waals surface area contributed by atoms with E-state index >= 15 is 0 Å². The van der Waals surface area contributed by atoms with Gasteiger partial charge < -0.3 is 25.4 Å². The third kappa shape index (κ3) is 9.10. The third-order valence-electron chi connectivity index (χ3n) is 3.03. The van der Waals surface area contributed by atoms with Crippen LogP contribution in [-0.4, -0.2) is 50.4 Å². The maximum atomic E-state index is 13.6. The maximum absolute atomic E-state index is 13.6. The number of hydrogen-bond donors (Lipinski definition) is 3. The molecule has 8 heteroatoms. The molecule has 0 fully saturated rings. The number of halogens is 1. The molecule has 0 saturated carbocycles. The van der Waals surface area contributed by atoms with Crippen LogP contribution in [0.2, 0.25) is 0 Å². The van der Waals surface area contributed by atoms with Crippen LogP contribution in [0.4, 0.5) is 9.18 Å². The van der Waals surface area contributed by atoms with Crippen molar-refractivity contribution in [2.75, 3.05) is 26.7 Å². The number of hydrogen-bond acceptors (Lipinski definition) is 4. The highest BCUT2D eigenvalue weighted by Crippen LogP contribution is 2.16. The number of benzene rings is 1. The summed E-state index contributed by atoms with van der Waals surface area (Å²) in [4.78, 5) is 15.6. The largest absolute Gasteiger partial charge is 0.486 e. The Morgan fingerprint density at radius 3 is 2.46 bits per heavy atom. The SMILES string of the molecule is CN=C(NCCNC(=O)OC(C)(C)C)NCC(C)Oc1ccccc1F. The van der Waals surface area contributed by atoms with Crippen LogP contribution in [0.3, 0.4) is 0 Å². The van der Waals surface area contributed by atoms with Gasteiger partial charge in [-0.3, -0.25) is 4.99 Å². The molecule has 0 aromatic heterocycles. The number of aliphatic imine (C=N–C) groups is 1. The van der Waals surface area contributed by atoms with E-state index in [1.807, 2.05) is 6.92 Å². The van der Waals surface area contributed by atoms with E-state index in [2.05, 4.69) is 20.9 Å². The summed E-state index contributed by atoms with van der Waals surface area (Å²) in [6, 6.07) is 6.27. The second-order valence-corrected chi connectivity index (χ2v) is 6.67. The van der Waals surface area contributed by atoms with E-state index in [1.54, 1.807) is 46.0 Å². The van der Waals surface area contributed by atoms with Crippen LogP contribution in [0, 0.1) is 5.82 Å². The second kappa shape index (κ2) is 10.5. The molecular formula is C18H29FN4O3. The summed E-state index contributed by atoms with van der Waals surface area (Å²) in [7, 11) is 1.64. The summed E-state index contributed by atoms with van der Waals surface area (Å²) in [5.74, 6) is 0.376. The van der Waals surface area contributed by atoms with Gasteiger partial charge in [-0.1, -0.05) is 12.1 Å². The molecular weight excluding hydrogens is 339 g/mol. The van der Waals surface area contributed by atoms with Crippen LogP contribution in [0.25, 0.3) is 0 Å². The fourth-order valence-corrected chi connectivity index (χ4v) is 1.92. The first-order chi connectivity index (χ1) is 12.2. The number of carbonyl (C=O) groups is 1. The molecule has 0 aliphatic rings. The molecule has 0 radical (unpaired) electrons. The summed E-state index contributed by atoms with van der Waals surface area (Å²) >= 11 is 0. The summed E-state index contributed by atoms with van der Waals surface area (Å²) in [6.07, 6.45) is -0.723. The lowest BCUT2D eigenvalue weighted by atomic mass is 10.2. The van der Waals surface area contributed by atoms with Crippen molar-refractivity contribution in [2.45, 2.75) is 39.4 Å². The van der Waals surface area contributed by atoms with Gasteiger partial charge in [-0.25, -0.2) is 9.18 Å². The summed E-state index contributed by atoms with van der Waals surface area (Å²) in [6.45, 7) is 8.55. The number of para-hydroxylation sites is 1. The van der Waals surface area contributed by atoms with Gasteiger partial charge >= 0.3 is 6.09 Å². The van der Waals surface area contributed by atoms with Gasteiger partial charge in [0.15, 0.2) is 17.5 Å². The minimum Gasteiger partial charge on any atom is -0.486 e. The van der Waals surface area contributed by atoms with Crippen LogP contribution in [0.15, 0.2) is 29.3 Å². The van der Waals surface area contributed by atoms with E-state index in [1.165, 1.54) is 6.07 Å². The molecule has 0 aliphatic carbocycles. The molecule has 3 N–H and O–H groups in total. The summed E-state index contributed by atoms with van der Waals surface area (Å²) < 4.78 is 24.3. The first kappa shape index (κ1) is 21.5. The molecule has 0 bridgehead atoms. The van der Waals surface area contributed by atoms with Crippen molar-refractivity contribution in [3.63, 3.8) is 0 Å². The molecule has 0 spiro atoms. The molecule has 7 nitrogen and oxygen atoms in total. The number of carbonyl (C=O) groups excluding carboxylic acids is 1. The van der Waals surface area contributed by atoms with E-state index < -0.39 is 17.5 Å². The first-order valence-corrected chi connectivity index (χ1v) is 8.54. The van der Waals surface area contributed by atoms with Gasteiger partial charge in [0.1, 0.15) is 11.7 Å². The maximum Gasteiger partial charge on any atom is 0.407 e. The van der Waals surface area contributed by atoms with Crippen LogP contribution >= 0.6 is 0 Å². The van der Waals surface area contributed by atoms with Gasteiger partial charge in [-0.2, -0.15) is 0 Å². The Morgan fingerprint density at radius 2 is 1.85 bits per heavy atom. The first-order valence-electron chi connectivity index (χ1n) is 8.54. The number of alkyl carbamates (subject to hydrolysis) is 1. The number of nitrogens with zero attached hydrogens (tertiary/aromatic N) is 1. The Bertz CT molecular complexity index is 602. The number of amides is 1. The van der Waals surface area contributed by atoms with Gasteiger partial charge in [0.25, 0.3) is 0 Å². The van der Waals surface area contributed by atoms with Gasteiger partial charge in [0, 0.05) is 20.1 Å². The lowest BCUT2D eigenvalue weighted by Crippen LogP contribution is -2.44. The molecule has 1 amide bonds. The van der Waals surface area contributed by atoms with E-state index in [4.69, 9.17) is 9.47 Å². The number of nitrogens with one attached hydrogen (secondary N) is 3. The molecule has 1 aromatic carbocycles. The monoisotopic (exact) mass is 368 g/mol. The predicted molar refractivity (Wildman–Crippen MR) is 100 cm³/mol. The molecule has 1 unspecified atom stereocenters. The van der Waals surface area contributed by atoms with E-state index in [0.29, 0.717) is 25.6 Å². The minimum absolute atomic E-state index is 0.214. The van der Waals surface area contributed by atoms with Crippen molar-refractivity contribution in [1.29, 1.82) is 0 Å². The second-order valence-electron chi connectivity index (χ2n) is 6.67. The lowest BCUT2D eigenvalue weighted by molar-refractivity contribution is 0.0529. The van der Waals surface area contributed by atoms with Crippen molar-refractivity contribution >= 4 is 12.1 Å².